The van der Waals surface area contributed by atoms with Gasteiger partial charge in [-0.25, -0.2) is 9.50 Å². The van der Waals surface area contributed by atoms with Crippen molar-refractivity contribution in [1.29, 1.82) is 0 Å². The molecule has 2 heterocycles. The molecule has 0 aliphatic heterocycles. The fraction of sp³-hybridized carbons (Fsp3) is 0. The third-order valence-electron chi connectivity index (χ3n) is 4.94. The summed E-state index contributed by atoms with van der Waals surface area (Å²) in [6.07, 6.45) is 0. The fourth-order valence-corrected chi connectivity index (χ4v) is 3.44. The number of nitro benzene ring substituents is 1. The van der Waals surface area contributed by atoms with E-state index < -0.39 is 4.92 Å². The van der Waals surface area contributed by atoms with Crippen molar-refractivity contribution in [2.75, 3.05) is 0 Å². The summed E-state index contributed by atoms with van der Waals surface area (Å²) in [6, 6.07) is 30.3. The topological polar surface area (TPSA) is 73.3 Å². The van der Waals surface area contributed by atoms with Gasteiger partial charge in [-0.05, 0) is 18.2 Å². The van der Waals surface area contributed by atoms with Gasteiger partial charge in [0.1, 0.15) is 0 Å². The molecule has 5 rings (SSSR count). The minimum Gasteiger partial charge on any atom is -0.258 e. The number of non-ortho nitro benzene ring substituents is 1. The molecule has 2 aromatic heterocycles. The molecule has 0 N–H and O–H groups in total. The van der Waals surface area contributed by atoms with Crippen LogP contribution in [0.5, 0.6) is 0 Å². The molecule has 6 heteroatoms. The number of hydrogen-bond acceptors (Lipinski definition) is 4. The quantitative estimate of drug-likeness (QED) is 0.293. The van der Waals surface area contributed by atoms with Gasteiger partial charge in [-0.1, -0.05) is 60.7 Å². The third-order valence-corrected chi connectivity index (χ3v) is 4.94. The van der Waals surface area contributed by atoms with E-state index in [-0.39, 0.29) is 5.69 Å². The molecule has 0 bridgehead atoms. The average Bonchev–Trinajstić information content (AvgIpc) is 3.24. The van der Waals surface area contributed by atoms with Gasteiger partial charge in [0.05, 0.1) is 22.0 Å². The van der Waals surface area contributed by atoms with Gasteiger partial charge in [0, 0.05) is 34.9 Å². The van der Waals surface area contributed by atoms with Crippen LogP contribution < -0.4 is 0 Å². The van der Waals surface area contributed by atoms with E-state index in [0.717, 1.165) is 33.8 Å². The second-order valence-corrected chi connectivity index (χ2v) is 6.86. The summed E-state index contributed by atoms with van der Waals surface area (Å²) >= 11 is 0. The monoisotopic (exact) mass is 392 g/mol. The molecule has 30 heavy (non-hydrogen) atoms. The van der Waals surface area contributed by atoms with E-state index in [2.05, 4.69) is 0 Å². The van der Waals surface area contributed by atoms with Crippen molar-refractivity contribution in [3.05, 3.63) is 107 Å². The van der Waals surface area contributed by atoms with E-state index in [1.165, 1.54) is 12.1 Å². The second kappa shape index (κ2) is 7.25. The van der Waals surface area contributed by atoms with Crippen LogP contribution >= 0.6 is 0 Å². The zero-order valence-corrected chi connectivity index (χ0v) is 15.8. The Balaban J connectivity index is 1.72. The summed E-state index contributed by atoms with van der Waals surface area (Å²) in [7, 11) is 0. The molecule has 0 aliphatic carbocycles. The second-order valence-electron chi connectivity index (χ2n) is 6.86. The number of benzene rings is 3. The van der Waals surface area contributed by atoms with Crippen LogP contribution in [0.3, 0.4) is 0 Å². The smallest absolute Gasteiger partial charge is 0.258 e. The molecule has 0 spiro atoms. The number of hydrogen-bond donors (Lipinski definition) is 0. The summed E-state index contributed by atoms with van der Waals surface area (Å²) in [6.45, 7) is 0. The molecule has 0 saturated heterocycles. The third kappa shape index (κ3) is 3.20. The van der Waals surface area contributed by atoms with E-state index in [4.69, 9.17) is 10.1 Å². The van der Waals surface area contributed by atoms with E-state index >= 15 is 0 Å². The molecule has 0 aliphatic rings. The Morgan fingerprint density at radius 1 is 0.700 bits per heavy atom. The Hall–Kier alpha value is -4.32. The van der Waals surface area contributed by atoms with Crippen LogP contribution in [0, 0.1) is 10.1 Å². The van der Waals surface area contributed by atoms with E-state index in [0.29, 0.717) is 5.65 Å². The first-order valence-corrected chi connectivity index (χ1v) is 9.45. The molecule has 0 atom stereocenters. The van der Waals surface area contributed by atoms with Crippen molar-refractivity contribution in [3.8, 4) is 33.8 Å². The summed E-state index contributed by atoms with van der Waals surface area (Å²) in [5.74, 6) is 0. The molecule has 0 amide bonds. The highest BCUT2D eigenvalue weighted by Crippen LogP contribution is 2.29. The zero-order chi connectivity index (χ0) is 20.5. The molecule has 3 aromatic carbocycles. The molecule has 0 unspecified atom stereocenters. The fourth-order valence-electron chi connectivity index (χ4n) is 3.44. The van der Waals surface area contributed by atoms with Crippen molar-refractivity contribution < 1.29 is 4.92 Å². The summed E-state index contributed by atoms with van der Waals surface area (Å²) in [5, 5.41) is 15.8. The first-order valence-electron chi connectivity index (χ1n) is 9.45. The van der Waals surface area contributed by atoms with Gasteiger partial charge in [-0.15, -0.1) is 0 Å². The van der Waals surface area contributed by atoms with Gasteiger partial charge in [-0.3, -0.25) is 10.1 Å². The number of aromatic nitrogens is 3. The van der Waals surface area contributed by atoms with E-state index in [9.17, 15) is 10.1 Å². The average molecular weight is 392 g/mol. The lowest BCUT2D eigenvalue weighted by molar-refractivity contribution is -0.384. The lowest BCUT2D eigenvalue weighted by atomic mass is 10.1. The lowest BCUT2D eigenvalue weighted by Gasteiger charge is -2.08. The largest absolute Gasteiger partial charge is 0.269 e. The Morgan fingerprint density at radius 2 is 1.30 bits per heavy atom. The van der Waals surface area contributed by atoms with E-state index in [1.54, 1.807) is 12.1 Å². The van der Waals surface area contributed by atoms with Crippen molar-refractivity contribution in [3.63, 3.8) is 0 Å². The van der Waals surface area contributed by atoms with Crippen LogP contribution in [0.25, 0.3) is 39.4 Å². The molecule has 0 saturated carbocycles. The Labute approximate surface area is 172 Å². The Bertz CT molecular complexity index is 1350. The lowest BCUT2D eigenvalue weighted by Crippen LogP contribution is -1.98. The van der Waals surface area contributed by atoms with Crippen LogP contribution in [0.2, 0.25) is 0 Å². The molecule has 144 valence electrons. The van der Waals surface area contributed by atoms with Crippen molar-refractivity contribution in [2.24, 2.45) is 0 Å². The van der Waals surface area contributed by atoms with Crippen LogP contribution in [0.4, 0.5) is 5.69 Å². The maximum atomic E-state index is 11.0. The Kier molecular flexibility index (Phi) is 4.29. The van der Waals surface area contributed by atoms with Crippen LogP contribution in [-0.2, 0) is 0 Å². The maximum Gasteiger partial charge on any atom is 0.269 e. The predicted molar refractivity (Wildman–Crippen MR) is 116 cm³/mol. The number of rotatable bonds is 4. The zero-order valence-electron chi connectivity index (χ0n) is 15.8. The van der Waals surface area contributed by atoms with Gasteiger partial charge in [0.2, 0.25) is 0 Å². The molecule has 0 radical (unpaired) electrons. The minimum atomic E-state index is -0.404. The highest BCUT2D eigenvalue weighted by Gasteiger charge is 2.14. The maximum absolute atomic E-state index is 11.0. The van der Waals surface area contributed by atoms with Gasteiger partial charge < -0.3 is 0 Å². The van der Waals surface area contributed by atoms with Crippen molar-refractivity contribution >= 4 is 11.3 Å². The molecular weight excluding hydrogens is 376 g/mol. The Morgan fingerprint density at radius 3 is 1.93 bits per heavy atom. The van der Waals surface area contributed by atoms with Crippen molar-refractivity contribution in [1.82, 2.24) is 14.6 Å². The van der Waals surface area contributed by atoms with Gasteiger partial charge in [-0.2, -0.15) is 5.10 Å². The number of fused-ring (bicyclic) bond motifs is 1. The summed E-state index contributed by atoms with van der Waals surface area (Å²) in [5.41, 5.74) is 6.06. The van der Waals surface area contributed by atoms with Gasteiger partial charge in [0.15, 0.2) is 5.65 Å². The molecule has 0 fully saturated rings. The standard InChI is InChI=1S/C24H16N4O2/c29-28(30)20-13-11-18(12-14-20)21-15-23(19-9-5-2-6-10-19)27-24(25-21)16-22(26-27)17-7-3-1-4-8-17/h1-16H. The van der Waals surface area contributed by atoms with Crippen LogP contribution in [-0.4, -0.2) is 19.5 Å². The highest BCUT2D eigenvalue weighted by atomic mass is 16.6. The molecule has 6 nitrogen and oxygen atoms in total. The highest BCUT2D eigenvalue weighted by molar-refractivity contribution is 5.74. The van der Waals surface area contributed by atoms with Gasteiger partial charge >= 0.3 is 0 Å². The number of nitrogens with zero attached hydrogens (tertiary/aromatic N) is 4. The van der Waals surface area contributed by atoms with Gasteiger partial charge in [0.25, 0.3) is 5.69 Å². The summed E-state index contributed by atoms with van der Waals surface area (Å²) < 4.78 is 1.84. The SMILES string of the molecule is O=[N+]([O-])c1ccc(-c2cc(-c3ccccc3)n3nc(-c4ccccc4)cc3n2)cc1. The minimum absolute atomic E-state index is 0.0545. The number of nitro groups is 1. The van der Waals surface area contributed by atoms with E-state index in [1.807, 2.05) is 77.3 Å². The van der Waals surface area contributed by atoms with Crippen LogP contribution in [0.15, 0.2) is 97.1 Å². The molecular formula is C24H16N4O2. The molecule has 5 aromatic rings. The summed E-state index contributed by atoms with van der Waals surface area (Å²) in [4.78, 5) is 15.4. The normalized spacial score (nSPS) is 10.9. The first kappa shape index (κ1) is 17.8. The first-order chi connectivity index (χ1) is 14.7. The van der Waals surface area contributed by atoms with Crippen molar-refractivity contribution in [2.45, 2.75) is 0 Å². The predicted octanol–water partition coefficient (Wildman–Crippen LogP) is 5.64. The van der Waals surface area contributed by atoms with Crippen LogP contribution in [0.1, 0.15) is 0 Å².